The highest BCUT2D eigenvalue weighted by Gasteiger charge is 2.21. The van der Waals surface area contributed by atoms with Gasteiger partial charge in [-0.15, -0.1) is 0 Å². The minimum absolute atomic E-state index is 0.0848. The second-order valence-corrected chi connectivity index (χ2v) is 4.94. The average molecular weight is 300 g/mol. The Hall–Kier alpha value is -0.740. The molecule has 2 nitrogen and oxygen atoms in total. The molecule has 0 saturated carbocycles. The highest BCUT2D eigenvalue weighted by atomic mass is 79.9. The molecule has 1 heterocycles. The first-order valence-corrected chi connectivity index (χ1v) is 6.85. The van der Waals surface area contributed by atoms with Crippen molar-refractivity contribution in [2.24, 2.45) is 0 Å². The zero-order valence-corrected chi connectivity index (χ0v) is 11.1. The molecule has 2 rings (SSSR count). The van der Waals surface area contributed by atoms with Crippen molar-refractivity contribution in [2.75, 3.05) is 18.4 Å². The molecule has 0 spiro atoms. The van der Waals surface area contributed by atoms with E-state index in [1.165, 1.54) is 0 Å². The molecule has 1 saturated heterocycles. The average Bonchev–Trinajstić information content (AvgIpc) is 2.75. The van der Waals surface area contributed by atoms with Crippen LogP contribution in [-0.4, -0.2) is 35.3 Å². The Balaban J connectivity index is 1.96. The predicted octanol–water partition coefficient (Wildman–Crippen LogP) is 2.81. The Bertz CT molecular complexity index is 393. The van der Waals surface area contributed by atoms with Gasteiger partial charge in [-0.2, -0.15) is 0 Å². The van der Waals surface area contributed by atoms with Gasteiger partial charge >= 0.3 is 0 Å². The number of benzene rings is 1. The van der Waals surface area contributed by atoms with Crippen LogP contribution in [0.5, 0.6) is 0 Å². The summed E-state index contributed by atoms with van der Waals surface area (Å²) in [6.45, 7) is 2.12. The number of carbonyl (C=O) groups is 1. The first-order chi connectivity index (χ1) is 8.19. The van der Waals surface area contributed by atoms with E-state index in [0.29, 0.717) is 18.3 Å². The summed E-state index contributed by atoms with van der Waals surface area (Å²) in [4.78, 5) is 13.5. The maximum Gasteiger partial charge on any atom is 0.173 e. The third-order valence-corrected chi connectivity index (χ3v) is 3.53. The number of rotatable bonds is 4. The van der Waals surface area contributed by atoms with Gasteiger partial charge in [0.15, 0.2) is 5.78 Å². The van der Waals surface area contributed by atoms with Gasteiger partial charge in [-0.1, -0.05) is 40.2 Å². The molecule has 0 radical (unpaired) electrons. The third kappa shape index (κ3) is 3.36. The lowest BCUT2D eigenvalue weighted by Gasteiger charge is -2.14. The van der Waals surface area contributed by atoms with E-state index in [1.54, 1.807) is 0 Å². The van der Waals surface area contributed by atoms with Crippen LogP contribution >= 0.6 is 15.9 Å². The van der Waals surface area contributed by atoms with E-state index in [4.69, 9.17) is 0 Å². The molecular weight excluding hydrogens is 285 g/mol. The number of likely N-dealkylation sites (tertiary alicyclic amines) is 1. The van der Waals surface area contributed by atoms with Crippen LogP contribution < -0.4 is 0 Å². The number of hydrogen-bond donors (Lipinski definition) is 0. The largest absolute Gasteiger partial charge is 0.296 e. The van der Waals surface area contributed by atoms with Crippen LogP contribution in [0.15, 0.2) is 24.3 Å². The molecule has 1 aromatic carbocycles. The summed E-state index contributed by atoms with van der Waals surface area (Å²) in [7, 11) is 0. The van der Waals surface area contributed by atoms with E-state index in [0.717, 1.165) is 24.2 Å². The summed E-state index contributed by atoms with van der Waals surface area (Å²) in [5.74, 6) is 0.0848. The maximum absolute atomic E-state index is 13.0. The number of ketones is 1. The molecule has 1 aliphatic heterocycles. The van der Waals surface area contributed by atoms with Gasteiger partial charge in [0.2, 0.25) is 0 Å². The van der Waals surface area contributed by atoms with Crippen LogP contribution in [0.4, 0.5) is 4.39 Å². The van der Waals surface area contributed by atoms with E-state index in [1.807, 2.05) is 24.3 Å². The van der Waals surface area contributed by atoms with Crippen molar-refractivity contribution in [1.29, 1.82) is 0 Å². The first-order valence-electron chi connectivity index (χ1n) is 5.73. The lowest BCUT2D eigenvalue weighted by Crippen LogP contribution is -2.20. The van der Waals surface area contributed by atoms with E-state index < -0.39 is 6.17 Å². The van der Waals surface area contributed by atoms with Crippen LogP contribution in [-0.2, 0) is 6.54 Å². The van der Waals surface area contributed by atoms with E-state index in [9.17, 15) is 9.18 Å². The Labute approximate surface area is 109 Å². The summed E-state index contributed by atoms with van der Waals surface area (Å²) in [5.41, 5.74) is 1.85. The Kier molecular flexibility index (Phi) is 4.29. The number of carbonyl (C=O) groups excluding carboxylic acids is 1. The van der Waals surface area contributed by atoms with Crippen molar-refractivity contribution in [2.45, 2.75) is 19.1 Å². The number of alkyl halides is 2. The Morgan fingerprint density at radius 2 is 2.12 bits per heavy atom. The molecule has 1 aromatic rings. The molecule has 1 atom stereocenters. The zero-order chi connectivity index (χ0) is 12.3. The molecule has 1 aliphatic rings. The number of Topliss-reactive ketones (excluding diaryl/α,β-unsaturated/α-hetero) is 1. The Morgan fingerprint density at radius 1 is 1.41 bits per heavy atom. The fraction of sp³-hybridized carbons (Fsp3) is 0.462. The fourth-order valence-electron chi connectivity index (χ4n) is 2.06. The molecule has 0 bridgehead atoms. The van der Waals surface area contributed by atoms with Gasteiger partial charge in [0.25, 0.3) is 0 Å². The van der Waals surface area contributed by atoms with Gasteiger partial charge in [0.1, 0.15) is 6.17 Å². The van der Waals surface area contributed by atoms with Crippen LogP contribution in [0.2, 0.25) is 0 Å². The molecule has 0 N–H and O–H groups in total. The molecule has 92 valence electrons. The van der Waals surface area contributed by atoms with Gasteiger partial charge in [-0.05, 0) is 12.0 Å². The molecule has 4 heteroatoms. The van der Waals surface area contributed by atoms with Crippen molar-refractivity contribution in [3.63, 3.8) is 0 Å². The second-order valence-electron chi connectivity index (χ2n) is 4.37. The van der Waals surface area contributed by atoms with Gasteiger partial charge in [0.05, 0.1) is 5.33 Å². The Morgan fingerprint density at radius 3 is 2.65 bits per heavy atom. The fourth-order valence-corrected chi connectivity index (χ4v) is 2.38. The van der Waals surface area contributed by atoms with Crippen molar-refractivity contribution in [3.05, 3.63) is 35.4 Å². The highest BCUT2D eigenvalue weighted by molar-refractivity contribution is 9.09. The van der Waals surface area contributed by atoms with Crippen molar-refractivity contribution >= 4 is 21.7 Å². The number of hydrogen-bond acceptors (Lipinski definition) is 2. The van der Waals surface area contributed by atoms with Crippen molar-refractivity contribution in [3.8, 4) is 0 Å². The summed E-state index contributed by atoms with van der Waals surface area (Å²) in [6, 6.07) is 7.56. The summed E-state index contributed by atoms with van der Waals surface area (Å²) in [5, 5.41) is 0.349. The summed E-state index contributed by atoms with van der Waals surface area (Å²) in [6.07, 6.45) is -0.0376. The van der Waals surface area contributed by atoms with Gasteiger partial charge in [0, 0.05) is 25.2 Å². The van der Waals surface area contributed by atoms with Crippen LogP contribution in [0, 0.1) is 0 Å². The normalized spacial score (nSPS) is 20.7. The molecule has 0 unspecified atom stereocenters. The molecular formula is C13H15BrFNO. The van der Waals surface area contributed by atoms with Crippen molar-refractivity contribution in [1.82, 2.24) is 4.90 Å². The zero-order valence-electron chi connectivity index (χ0n) is 9.53. The SMILES string of the molecule is O=C(CBr)c1ccc(CN2CC[C@@H](F)C2)cc1. The van der Waals surface area contributed by atoms with E-state index in [-0.39, 0.29) is 5.78 Å². The van der Waals surface area contributed by atoms with Crippen molar-refractivity contribution < 1.29 is 9.18 Å². The standard InChI is InChI=1S/C13H15BrFNO/c14-7-13(17)11-3-1-10(2-4-11)8-16-6-5-12(15)9-16/h1-4,12H,5-9H2/t12-/m1/s1. The first kappa shape index (κ1) is 12.7. The summed E-state index contributed by atoms with van der Waals surface area (Å²) >= 11 is 3.15. The minimum Gasteiger partial charge on any atom is -0.296 e. The molecule has 0 aliphatic carbocycles. The van der Waals surface area contributed by atoms with E-state index >= 15 is 0 Å². The predicted molar refractivity (Wildman–Crippen MR) is 69.4 cm³/mol. The van der Waals surface area contributed by atoms with Crippen LogP contribution in [0.3, 0.4) is 0 Å². The molecule has 0 amide bonds. The summed E-state index contributed by atoms with van der Waals surface area (Å²) < 4.78 is 13.0. The lowest BCUT2D eigenvalue weighted by atomic mass is 10.1. The molecule has 17 heavy (non-hydrogen) atoms. The number of halogens is 2. The molecule has 0 aromatic heterocycles. The quantitative estimate of drug-likeness (QED) is 0.629. The van der Waals surface area contributed by atoms with Gasteiger partial charge < -0.3 is 0 Å². The second kappa shape index (κ2) is 5.74. The third-order valence-electron chi connectivity index (χ3n) is 3.02. The smallest absolute Gasteiger partial charge is 0.173 e. The lowest BCUT2D eigenvalue weighted by molar-refractivity contribution is 0.102. The van der Waals surface area contributed by atoms with Gasteiger partial charge in [-0.25, -0.2) is 4.39 Å². The monoisotopic (exact) mass is 299 g/mol. The number of nitrogens with zero attached hydrogens (tertiary/aromatic N) is 1. The molecule has 1 fully saturated rings. The van der Waals surface area contributed by atoms with Crippen LogP contribution in [0.1, 0.15) is 22.3 Å². The van der Waals surface area contributed by atoms with E-state index in [2.05, 4.69) is 20.8 Å². The highest BCUT2D eigenvalue weighted by Crippen LogP contribution is 2.16. The van der Waals surface area contributed by atoms with Crippen LogP contribution in [0.25, 0.3) is 0 Å². The maximum atomic E-state index is 13.0. The minimum atomic E-state index is -0.677. The topological polar surface area (TPSA) is 20.3 Å². The van der Waals surface area contributed by atoms with Gasteiger partial charge in [-0.3, -0.25) is 9.69 Å².